The van der Waals surface area contributed by atoms with Crippen LogP contribution in [0, 0.1) is 5.92 Å². The molecule has 2 atom stereocenters. The molecule has 2 rings (SSSR count). The second-order valence-electron chi connectivity index (χ2n) is 3.83. The van der Waals surface area contributed by atoms with Crippen molar-refractivity contribution in [3.05, 3.63) is 0 Å². The van der Waals surface area contributed by atoms with Gasteiger partial charge in [-0.2, -0.15) is 0 Å². The molecule has 0 spiro atoms. The zero-order chi connectivity index (χ0) is 7.68. The van der Waals surface area contributed by atoms with Gasteiger partial charge in [-0.3, -0.25) is 0 Å². The summed E-state index contributed by atoms with van der Waals surface area (Å²) in [6, 6.07) is 0.730. The summed E-state index contributed by atoms with van der Waals surface area (Å²) in [4.78, 5) is 2.56. The molecule has 11 heavy (non-hydrogen) atoms. The van der Waals surface area contributed by atoms with E-state index in [1.54, 1.807) is 0 Å². The average Bonchev–Trinajstić information content (AvgIpc) is 2.47. The van der Waals surface area contributed by atoms with E-state index in [4.69, 9.17) is 5.11 Å². The molecule has 0 unspecified atom stereocenters. The molecule has 2 aliphatic heterocycles. The molecule has 0 aliphatic carbocycles. The molecule has 2 heteroatoms. The second kappa shape index (κ2) is 3.11. The molecule has 0 saturated carbocycles. The lowest BCUT2D eigenvalue weighted by Crippen LogP contribution is -2.37. The monoisotopic (exact) mass is 155 g/mol. The molecule has 2 fully saturated rings. The first-order valence-electron chi connectivity index (χ1n) is 4.76. The molecule has 0 radical (unpaired) electrons. The zero-order valence-electron chi connectivity index (χ0n) is 7.00. The van der Waals surface area contributed by atoms with E-state index in [0.717, 1.165) is 6.04 Å². The van der Waals surface area contributed by atoms with Gasteiger partial charge in [-0.25, -0.2) is 0 Å². The Balaban J connectivity index is 1.98. The van der Waals surface area contributed by atoms with Crippen molar-refractivity contribution in [3.63, 3.8) is 0 Å². The van der Waals surface area contributed by atoms with Gasteiger partial charge in [0.1, 0.15) is 0 Å². The summed E-state index contributed by atoms with van der Waals surface area (Å²) in [5.41, 5.74) is 0. The molecule has 0 aromatic heterocycles. The molecule has 2 aliphatic rings. The van der Waals surface area contributed by atoms with Gasteiger partial charge < -0.3 is 10.0 Å². The summed E-state index contributed by atoms with van der Waals surface area (Å²) in [6.45, 7) is 2.91. The summed E-state index contributed by atoms with van der Waals surface area (Å²) < 4.78 is 0. The van der Waals surface area contributed by atoms with Crippen LogP contribution in [-0.2, 0) is 0 Å². The third-order valence-corrected chi connectivity index (χ3v) is 3.23. The van der Waals surface area contributed by atoms with E-state index in [1.807, 2.05) is 0 Å². The molecule has 64 valence electrons. The van der Waals surface area contributed by atoms with Gasteiger partial charge in [-0.15, -0.1) is 0 Å². The van der Waals surface area contributed by atoms with Crippen LogP contribution >= 0.6 is 0 Å². The number of hydrogen-bond donors (Lipinski definition) is 1. The number of hydrogen-bond acceptors (Lipinski definition) is 2. The predicted octanol–water partition coefficient (Wildman–Crippen LogP) is 0.853. The predicted molar refractivity (Wildman–Crippen MR) is 44.4 cm³/mol. The van der Waals surface area contributed by atoms with Crippen LogP contribution in [0.25, 0.3) is 0 Å². The summed E-state index contributed by atoms with van der Waals surface area (Å²) in [7, 11) is 0. The van der Waals surface area contributed by atoms with Crippen molar-refractivity contribution in [2.45, 2.75) is 31.7 Å². The summed E-state index contributed by atoms with van der Waals surface area (Å²) in [5.74, 6) is 0.593. The smallest absolute Gasteiger partial charge is 0.0474 e. The fourth-order valence-corrected chi connectivity index (χ4v) is 2.57. The molecule has 2 saturated heterocycles. The quantitative estimate of drug-likeness (QED) is 0.607. The van der Waals surface area contributed by atoms with Crippen molar-refractivity contribution in [3.8, 4) is 0 Å². The lowest BCUT2D eigenvalue weighted by Gasteiger charge is -2.31. The van der Waals surface area contributed by atoms with E-state index in [9.17, 15) is 0 Å². The van der Waals surface area contributed by atoms with Crippen LogP contribution in [0.3, 0.4) is 0 Å². The Morgan fingerprint density at radius 3 is 2.91 bits per heavy atom. The first-order valence-corrected chi connectivity index (χ1v) is 4.76. The maximum Gasteiger partial charge on any atom is 0.0474 e. The van der Waals surface area contributed by atoms with Crippen molar-refractivity contribution in [2.75, 3.05) is 19.7 Å². The molecule has 2 heterocycles. The molecule has 0 aromatic carbocycles. The lowest BCUT2D eigenvalue weighted by atomic mass is 9.94. The number of nitrogens with zero attached hydrogens (tertiary/aromatic N) is 1. The molecule has 0 amide bonds. The number of aliphatic hydroxyl groups is 1. The van der Waals surface area contributed by atoms with Crippen LogP contribution in [-0.4, -0.2) is 35.7 Å². The maximum atomic E-state index is 9.08. The minimum Gasteiger partial charge on any atom is -0.396 e. The second-order valence-corrected chi connectivity index (χ2v) is 3.83. The van der Waals surface area contributed by atoms with Gasteiger partial charge in [0.25, 0.3) is 0 Å². The normalized spacial score (nSPS) is 39.0. The Bertz CT molecular complexity index is 132. The van der Waals surface area contributed by atoms with Crippen molar-refractivity contribution < 1.29 is 5.11 Å². The SMILES string of the molecule is OC[C@@H]1CCN2CCCC[C@@H]12. The molecule has 0 bridgehead atoms. The number of rotatable bonds is 1. The van der Waals surface area contributed by atoms with Crippen molar-refractivity contribution in [1.82, 2.24) is 4.90 Å². The van der Waals surface area contributed by atoms with Crippen molar-refractivity contribution in [2.24, 2.45) is 5.92 Å². The van der Waals surface area contributed by atoms with E-state index in [1.165, 1.54) is 38.8 Å². The summed E-state index contributed by atoms with van der Waals surface area (Å²) in [6.07, 6.45) is 5.29. The summed E-state index contributed by atoms with van der Waals surface area (Å²) in [5, 5.41) is 9.08. The fraction of sp³-hybridized carbons (Fsp3) is 1.00. The van der Waals surface area contributed by atoms with Gasteiger partial charge in [-0.05, 0) is 38.3 Å². The van der Waals surface area contributed by atoms with E-state index < -0.39 is 0 Å². The zero-order valence-corrected chi connectivity index (χ0v) is 7.00. The number of piperidine rings is 1. The minimum absolute atomic E-state index is 0.404. The van der Waals surface area contributed by atoms with Crippen LogP contribution in [0.15, 0.2) is 0 Å². The van der Waals surface area contributed by atoms with Crippen LogP contribution in [0.1, 0.15) is 25.7 Å². The van der Waals surface area contributed by atoms with Gasteiger partial charge in [-0.1, -0.05) is 6.42 Å². The highest BCUT2D eigenvalue weighted by molar-refractivity contribution is 4.88. The van der Waals surface area contributed by atoms with Crippen LogP contribution in [0.2, 0.25) is 0 Å². The average molecular weight is 155 g/mol. The molecule has 0 aromatic rings. The highest BCUT2D eigenvalue weighted by atomic mass is 16.3. The standard InChI is InChI=1S/C9H17NO/c11-7-8-4-6-10-5-2-1-3-9(8)10/h8-9,11H,1-7H2/t8-,9-/m0/s1. The Morgan fingerprint density at radius 2 is 2.09 bits per heavy atom. The fourth-order valence-electron chi connectivity index (χ4n) is 2.57. The molecular formula is C9H17NO. The lowest BCUT2D eigenvalue weighted by molar-refractivity contribution is 0.134. The summed E-state index contributed by atoms with van der Waals surface area (Å²) >= 11 is 0. The largest absolute Gasteiger partial charge is 0.396 e. The van der Waals surface area contributed by atoms with Crippen LogP contribution in [0.4, 0.5) is 0 Å². The van der Waals surface area contributed by atoms with Gasteiger partial charge in [0.15, 0.2) is 0 Å². The van der Waals surface area contributed by atoms with Crippen molar-refractivity contribution in [1.29, 1.82) is 0 Å². The van der Waals surface area contributed by atoms with E-state index in [-0.39, 0.29) is 0 Å². The van der Waals surface area contributed by atoms with Gasteiger partial charge >= 0.3 is 0 Å². The molecule has 1 N–H and O–H groups in total. The van der Waals surface area contributed by atoms with E-state index >= 15 is 0 Å². The Morgan fingerprint density at radius 1 is 1.18 bits per heavy atom. The third kappa shape index (κ3) is 1.30. The van der Waals surface area contributed by atoms with E-state index in [0.29, 0.717) is 12.5 Å². The highest BCUT2D eigenvalue weighted by Gasteiger charge is 2.34. The highest BCUT2D eigenvalue weighted by Crippen LogP contribution is 2.31. The van der Waals surface area contributed by atoms with Crippen LogP contribution in [0.5, 0.6) is 0 Å². The van der Waals surface area contributed by atoms with Crippen molar-refractivity contribution >= 4 is 0 Å². The number of fused-ring (bicyclic) bond motifs is 1. The van der Waals surface area contributed by atoms with Gasteiger partial charge in [0.05, 0.1) is 0 Å². The number of aliphatic hydroxyl groups excluding tert-OH is 1. The molecule has 2 nitrogen and oxygen atoms in total. The van der Waals surface area contributed by atoms with Gasteiger partial charge in [0, 0.05) is 12.6 Å². The Labute approximate surface area is 68.2 Å². The first kappa shape index (κ1) is 7.56. The first-order chi connectivity index (χ1) is 5.42. The van der Waals surface area contributed by atoms with Gasteiger partial charge in [0.2, 0.25) is 0 Å². The minimum atomic E-state index is 0.404. The Hall–Kier alpha value is -0.0800. The van der Waals surface area contributed by atoms with Crippen LogP contribution < -0.4 is 0 Å². The Kier molecular flexibility index (Phi) is 2.14. The molecular weight excluding hydrogens is 138 g/mol. The maximum absolute atomic E-state index is 9.08. The topological polar surface area (TPSA) is 23.5 Å². The van der Waals surface area contributed by atoms with E-state index in [2.05, 4.69) is 4.90 Å². The third-order valence-electron chi connectivity index (χ3n) is 3.23.